The molecule has 1 aliphatic rings. The van der Waals surface area contributed by atoms with E-state index in [4.69, 9.17) is 0 Å². The van der Waals surface area contributed by atoms with Gasteiger partial charge in [0.1, 0.15) is 0 Å². The van der Waals surface area contributed by atoms with Gasteiger partial charge in [-0.3, -0.25) is 0 Å². The molecule has 0 heterocycles. The van der Waals surface area contributed by atoms with E-state index < -0.39 is 0 Å². The van der Waals surface area contributed by atoms with E-state index in [1.165, 1.54) is 51.4 Å². The van der Waals surface area contributed by atoms with Crippen LogP contribution in [0, 0.1) is 5.41 Å². The molecular weight excluding hydrogens is 176 g/mol. The summed E-state index contributed by atoms with van der Waals surface area (Å²) in [4.78, 5) is 0. The van der Waals surface area contributed by atoms with Crippen molar-refractivity contribution in [2.24, 2.45) is 5.41 Å². The molecule has 0 N–H and O–H groups in total. The Morgan fingerprint density at radius 3 is 1.92 bits per heavy atom. The van der Waals surface area contributed by atoms with Gasteiger partial charge in [-0.2, -0.15) is 12.6 Å². The number of hydrogen-bond acceptors (Lipinski definition) is 1. The van der Waals surface area contributed by atoms with Crippen LogP contribution in [0.1, 0.15) is 65.2 Å². The highest BCUT2D eigenvalue weighted by Crippen LogP contribution is 2.44. The summed E-state index contributed by atoms with van der Waals surface area (Å²) in [6.07, 6.45) is 11.2. The van der Waals surface area contributed by atoms with Gasteiger partial charge in [-0.05, 0) is 43.9 Å². The predicted molar refractivity (Wildman–Crippen MR) is 63.5 cm³/mol. The van der Waals surface area contributed by atoms with Crippen LogP contribution >= 0.6 is 12.6 Å². The molecule has 0 aliphatic heterocycles. The van der Waals surface area contributed by atoms with Gasteiger partial charge in [-0.1, -0.05) is 26.7 Å². The number of rotatable bonds is 4. The molecule has 1 saturated carbocycles. The molecule has 1 rings (SSSR count). The van der Waals surface area contributed by atoms with Gasteiger partial charge in [0.2, 0.25) is 0 Å². The van der Waals surface area contributed by atoms with Gasteiger partial charge < -0.3 is 0 Å². The Morgan fingerprint density at radius 2 is 1.54 bits per heavy atom. The van der Waals surface area contributed by atoms with Crippen LogP contribution in [0.25, 0.3) is 0 Å². The highest BCUT2D eigenvalue weighted by molar-refractivity contribution is 7.80. The van der Waals surface area contributed by atoms with Crippen LogP contribution < -0.4 is 0 Å². The Balaban J connectivity index is 2.47. The molecule has 0 amide bonds. The zero-order valence-corrected chi connectivity index (χ0v) is 10.1. The Hall–Kier alpha value is 0.350. The minimum atomic E-state index is 0.696. The van der Waals surface area contributed by atoms with Gasteiger partial charge in [0.05, 0.1) is 0 Å². The van der Waals surface area contributed by atoms with E-state index in [-0.39, 0.29) is 0 Å². The first-order valence-electron chi connectivity index (χ1n) is 5.90. The van der Waals surface area contributed by atoms with Crippen molar-refractivity contribution in [3.05, 3.63) is 0 Å². The fourth-order valence-electron chi connectivity index (χ4n) is 2.90. The summed E-state index contributed by atoms with van der Waals surface area (Å²) in [7, 11) is 0. The molecule has 0 aromatic heterocycles. The summed E-state index contributed by atoms with van der Waals surface area (Å²) >= 11 is 4.58. The van der Waals surface area contributed by atoms with Crippen molar-refractivity contribution in [3.63, 3.8) is 0 Å². The summed E-state index contributed by atoms with van der Waals surface area (Å²) < 4.78 is 0. The molecule has 1 heteroatoms. The Bertz CT molecular complexity index is 126. The lowest BCUT2D eigenvalue weighted by Gasteiger charge is -2.39. The zero-order chi connectivity index (χ0) is 9.73. The standard InChI is InChI=1S/C12H24S/c1-3-7-12(8-4-2)9-5-11(13)6-10-12/h11,13H,3-10H2,1-2H3. The maximum absolute atomic E-state index is 4.58. The van der Waals surface area contributed by atoms with Crippen molar-refractivity contribution in [1.82, 2.24) is 0 Å². The van der Waals surface area contributed by atoms with Gasteiger partial charge in [0, 0.05) is 5.25 Å². The maximum atomic E-state index is 4.58. The first-order valence-corrected chi connectivity index (χ1v) is 6.42. The van der Waals surface area contributed by atoms with Gasteiger partial charge in [-0.25, -0.2) is 0 Å². The third kappa shape index (κ3) is 3.19. The summed E-state index contributed by atoms with van der Waals surface area (Å²) in [6.45, 7) is 4.65. The highest BCUT2D eigenvalue weighted by atomic mass is 32.1. The zero-order valence-electron chi connectivity index (χ0n) is 9.18. The average molecular weight is 200 g/mol. The van der Waals surface area contributed by atoms with Gasteiger partial charge in [0.15, 0.2) is 0 Å². The smallest absolute Gasteiger partial charge is 0.00172 e. The molecule has 0 aromatic carbocycles. The van der Waals surface area contributed by atoms with E-state index in [1.54, 1.807) is 0 Å². The quantitative estimate of drug-likeness (QED) is 0.637. The molecule has 0 unspecified atom stereocenters. The first-order chi connectivity index (χ1) is 6.22. The minimum Gasteiger partial charge on any atom is -0.176 e. The van der Waals surface area contributed by atoms with E-state index in [9.17, 15) is 0 Å². The van der Waals surface area contributed by atoms with Crippen LogP contribution in [0.15, 0.2) is 0 Å². The van der Waals surface area contributed by atoms with Gasteiger partial charge >= 0.3 is 0 Å². The molecule has 0 saturated heterocycles. The summed E-state index contributed by atoms with van der Waals surface area (Å²) in [5.41, 5.74) is 0.711. The van der Waals surface area contributed by atoms with E-state index in [1.807, 2.05) is 0 Å². The van der Waals surface area contributed by atoms with Gasteiger partial charge in [-0.15, -0.1) is 0 Å². The molecule has 0 nitrogen and oxygen atoms in total. The molecule has 0 aromatic rings. The fraction of sp³-hybridized carbons (Fsp3) is 1.00. The molecule has 0 spiro atoms. The lowest BCUT2D eigenvalue weighted by atomic mass is 9.68. The summed E-state index contributed by atoms with van der Waals surface area (Å²) in [5, 5.41) is 0.696. The van der Waals surface area contributed by atoms with Crippen molar-refractivity contribution in [3.8, 4) is 0 Å². The molecule has 1 fully saturated rings. The monoisotopic (exact) mass is 200 g/mol. The van der Waals surface area contributed by atoms with E-state index >= 15 is 0 Å². The maximum Gasteiger partial charge on any atom is 0.00172 e. The number of thiol groups is 1. The van der Waals surface area contributed by atoms with Crippen molar-refractivity contribution in [2.75, 3.05) is 0 Å². The van der Waals surface area contributed by atoms with Crippen LogP contribution in [0.3, 0.4) is 0 Å². The Morgan fingerprint density at radius 1 is 1.08 bits per heavy atom. The average Bonchev–Trinajstić information content (AvgIpc) is 2.11. The minimum absolute atomic E-state index is 0.696. The van der Waals surface area contributed by atoms with E-state index in [0.29, 0.717) is 10.7 Å². The molecule has 1 aliphatic carbocycles. The second-order valence-electron chi connectivity index (χ2n) is 4.73. The van der Waals surface area contributed by atoms with E-state index in [0.717, 1.165) is 0 Å². The van der Waals surface area contributed by atoms with Crippen LogP contribution in [0.2, 0.25) is 0 Å². The summed E-state index contributed by atoms with van der Waals surface area (Å²) in [5.74, 6) is 0. The predicted octanol–water partition coefficient (Wildman–Crippen LogP) is 4.45. The Labute approximate surface area is 88.9 Å². The van der Waals surface area contributed by atoms with Crippen LogP contribution in [0.5, 0.6) is 0 Å². The molecule has 0 atom stereocenters. The second-order valence-corrected chi connectivity index (χ2v) is 5.46. The highest BCUT2D eigenvalue weighted by Gasteiger charge is 2.32. The van der Waals surface area contributed by atoms with Crippen molar-refractivity contribution >= 4 is 12.6 Å². The normalized spacial score (nSPS) is 23.3. The number of hydrogen-bond donors (Lipinski definition) is 1. The topological polar surface area (TPSA) is 0 Å². The molecular formula is C12H24S. The fourth-order valence-corrected chi connectivity index (χ4v) is 3.16. The third-order valence-electron chi connectivity index (χ3n) is 3.58. The van der Waals surface area contributed by atoms with Crippen LogP contribution in [0.4, 0.5) is 0 Å². The van der Waals surface area contributed by atoms with Crippen molar-refractivity contribution in [2.45, 2.75) is 70.5 Å². The Kier molecular flexibility index (Phi) is 4.64. The first kappa shape index (κ1) is 11.4. The second kappa shape index (κ2) is 5.29. The SMILES string of the molecule is CCCC1(CCC)CCC(S)CC1. The van der Waals surface area contributed by atoms with Crippen molar-refractivity contribution < 1.29 is 0 Å². The van der Waals surface area contributed by atoms with Crippen LogP contribution in [-0.2, 0) is 0 Å². The third-order valence-corrected chi connectivity index (χ3v) is 4.09. The lowest BCUT2D eigenvalue weighted by molar-refractivity contribution is 0.157. The molecule has 13 heavy (non-hydrogen) atoms. The largest absolute Gasteiger partial charge is 0.176 e. The molecule has 0 radical (unpaired) electrons. The van der Waals surface area contributed by atoms with Crippen LogP contribution in [-0.4, -0.2) is 5.25 Å². The molecule has 78 valence electrons. The van der Waals surface area contributed by atoms with Crippen molar-refractivity contribution in [1.29, 1.82) is 0 Å². The lowest BCUT2D eigenvalue weighted by Crippen LogP contribution is -2.27. The summed E-state index contributed by atoms with van der Waals surface area (Å²) in [6, 6.07) is 0. The molecule has 0 bridgehead atoms. The van der Waals surface area contributed by atoms with Gasteiger partial charge in [0.25, 0.3) is 0 Å². The van der Waals surface area contributed by atoms with E-state index in [2.05, 4.69) is 26.5 Å².